The third-order valence-electron chi connectivity index (χ3n) is 4.45. The Bertz CT molecular complexity index is 544. The topological polar surface area (TPSA) is 12.0 Å². The first-order valence-electron chi connectivity index (χ1n) is 7.90. The molecule has 1 aliphatic carbocycles. The molecular weight excluding hydrogens is 322 g/mol. The Hall–Kier alpha value is -1.28. The average Bonchev–Trinajstić information content (AvgIpc) is 2.56. The van der Waals surface area contributed by atoms with Crippen molar-refractivity contribution in [1.29, 1.82) is 0 Å². The molecule has 1 atom stereocenters. The highest BCUT2D eigenvalue weighted by atomic mass is 79.9. The zero-order valence-corrected chi connectivity index (χ0v) is 13.9. The van der Waals surface area contributed by atoms with Gasteiger partial charge in [-0.2, -0.15) is 0 Å². The van der Waals surface area contributed by atoms with Gasteiger partial charge in [0, 0.05) is 10.2 Å². The molecule has 0 aromatic heterocycles. The highest BCUT2D eigenvalue weighted by molar-refractivity contribution is 9.10. The Labute approximate surface area is 135 Å². The summed E-state index contributed by atoms with van der Waals surface area (Å²) in [5.74, 6) is 0.741. The number of halogens is 1. The minimum Gasteiger partial charge on any atom is -0.378 e. The lowest BCUT2D eigenvalue weighted by molar-refractivity contribution is 0.321. The van der Waals surface area contributed by atoms with E-state index >= 15 is 0 Å². The van der Waals surface area contributed by atoms with E-state index in [0.29, 0.717) is 6.04 Å². The van der Waals surface area contributed by atoms with Gasteiger partial charge in [0.2, 0.25) is 0 Å². The van der Waals surface area contributed by atoms with Gasteiger partial charge < -0.3 is 5.32 Å². The molecule has 110 valence electrons. The number of rotatable bonds is 4. The molecular formula is C19H22BrN. The maximum atomic E-state index is 3.77. The third kappa shape index (κ3) is 3.88. The second-order valence-corrected chi connectivity index (χ2v) is 6.85. The highest BCUT2D eigenvalue weighted by Crippen LogP contribution is 2.36. The minimum absolute atomic E-state index is 0.424. The van der Waals surface area contributed by atoms with Crippen LogP contribution in [-0.4, -0.2) is 0 Å². The fourth-order valence-electron chi connectivity index (χ4n) is 3.33. The van der Waals surface area contributed by atoms with Gasteiger partial charge in [-0.15, -0.1) is 0 Å². The summed E-state index contributed by atoms with van der Waals surface area (Å²) in [4.78, 5) is 0. The average molecular weight is 344 g/mol. The largest absolute Gasteiger partial charge is 0.378 e. The summed E-state index contributed by atoms with van der Waals surface area (Å²) >= 11 is 3.51. The molecule has 1 N–H and O–H groups in total. The van der Waals surface area contributed by atoms with Crippen LogP contribution < -0.4 is 5.32 Å². The van der Waals surface area contributed by atoms with Crippen LogP contribution in [0.5, 0.6) is 0 Å². The zero-order chi connectivity index (χ0) is 14.5. The van der Waals surface area contributed by atoms with E-state index in [1.54, 1.807) is 0 Å². The van der Waals surface area contributed by atoms with Crippen molar-refractivity contribution in [3.8, 4) is 0 Å². The summed E-state index contributed by atoms with van der Waals surface area (Å²) in [5.41, 5.74) is 2.62. The monoisotopic (exact) mass is 343 g/mol. The number of hydrogen-bond acceptors (Lipinski definition) is 1. The van der Waals surface area contributed by atoms with Crippen molar-refractivity contribution in [1.82, 2.24) is 0 Å². The van der Waals surface area contributed by atoms with Gasteiger partial charge in [-0.3, -0.25) is 0 Å². The van der Waals surface area contributed by atoms with Crippen molar-refractivity contribution in [2.75, 3.05) is 5.32 Å². The quantitative estimate of drug-likeness (QED) is 0.698. The summed E-state index contributed by atoms with van der Waals surface area (Å²) in [6, 6.07) is 19.8. The molecule has 0 spiro atoms. The van der Waals surface area contributed by atoms with Crippen LogP contribution in [0.25, 0.3) is 0 Å². The number of anilines is 1. The standard InChI is InChI=1S/C19H22BrN/c20-17-11-13-18(14-12-17)21-19(15-7-3-1-4-8-15)16-9-5-2-6-10-16/h1,3-4,7-8,11-14,16,19,21H,2,5-6,9-10H2. The number of benzene rings is 2. The van der Waals surface area contributed by atoms with Gasteiger partial charge >= 0.3 is 0 Å². The van der Waals surface area contributed by atoms with Gasteiger partial charge in [0.05, 0.1) is 6.04 Å². The minimum atomic E-state index is 0.424. The molecule has 1 saturated carbocycles. The first kappa shape index (κ1) is 14.6. The molecule has 1 fully saturated rings. The van der Waals surface area contributed by atoms with E-state index in [2.05, 4.69) is 75.8 Å². The van der Waals surface area contributed by atoms with E-state index in [9.17, 15) is 0 Å². The van der Waals surface area contributed by atoms with Gasteiger partial charge in [0.25, 0.3) is 0 Å². The Morgan fingerprint density at radius 1 is 0.857 bits per heavy atom. The van der Waals surface area contributed by atoms with Gasteiger partial charge in [-0.1, -0.05) is 65.5 Å². The number of hydrogen-bond donors (Lipinski definition) is 1. The van der Waals surface area contributed by atoms with Crippen molar-refractivity contribution < 1.29 is 0 Å². The summed E-state index contributed by atoms with van der Waals surface area (Å²) in [5, 5.41) is 3.77. The molecule has 2 heteroatoms. The van der Waals surface area contributed by atoms with Gasteiger partial charge in [0.1, 0.15) is 0 Å². The lowest BCUT2D eigenvalue weighted by atomic mass is 9.81. The van der Waals surface area contributed by atoms with Crippen molar-refractivity contribution in [3.63, 3.8) is 0 Å². The zero-order valence-electron chi connectivity index (χ0n) is 12.3. The lowest BCUT2D eigenvalue weighted by Crippen LogP contribution is -2.23. The van der Waals surface area contributed by atoms with E-state index in [1.807, 2.05) is 0 Å². The highest BCUT2D eigenvalue weighted by Gasteiger charge is 2.24. The Morgan fingerprint density at radius 3 is 2.19 bits per heavy atom. The van der Waals surface area contributed by atoms with Crippen LogP contribution in [0.1, 0.15) is 43.7 Å². The van der Waals surface area contributed by atoms with Crippen molar-refractivity contribution in [2.45, 2.75) is 38.1 Å². The van der Waals surface area contributed by atoms with E-state index in [4.69, 9.17) is 0 Å². The lowest BCUT2D eigenvalue weighted by Gasteiger charge is -2.32. The van der Waals surface area contributed by atoms with Crippen LogP contribution in [0.2, 0.25) is 0 Å². The summed E-state index contributed by atoms with van der Waals surface area (Å²) in [7, 11) is 0. The first-order valence-corrected chi connectivity index (χ1v) is 8.69. The molecule has 0 radical (unpaired) electrons. The van der Waals surface area contributed by atoms with E-state index in [0.717, 1.165) is 10.4 Å². The maximum Gasteiger partial charge on any atom is 0.0542 e. The molecule has 21 heavy (non-hydrogen) atoms. The summed E-state index contributed by atoms with van der Waals surface area (Å²) in [6.45, 7) is 0. The van der Waals surface area contributed by atoms with Crippen LogP contribution in [0.3, 0.4) is 0 Å². The molecule has 0 bridgehead atoms. The van der Waals surface area contributed by atoms with Crippen LogP contribution >= 0.6 is 15.9 Å². The maximum absolute atomic E-state index is 3.77. The number of nitrogens with one attached hydrogen (secondary N) is 1. The molecule has 0 heterocycles. The molecule has 3 rings (SSSR count). The molecule has 0 amide bonds. The van der Waals surface area contributed by atoms with Crippen LogP contribution in [-0.2, 0) is 0 Å². The van der Waals surface area contributed by atoms with Crippen molar-refractivity contribution >= 4 is 21.6 Å². The second-order valence-electron chi connectivity index (χ2n) is 5.94. The molecule has 1 unspecified atom stereocenters. The molecule has 0 saturated heterocycles. The second kappa shape index (κ2) is 7.13. The van der Waals surface area contributed by atoms with E-state index in [1.165, 1.54) is 43.4 Å². The fourth-order valence-corrected chi connectivity index (χ4v) is 3.59. The van der Waals surface area contributed by atoms with Gasteiger partial charge in [-0.05, 0) is 48.6 Å². The summed E-state index contributed by atoms with van der Waals surface area (Å²) < 4.78 is 1.13. The Morgan fingerprint density at radius 2 is 1.52 bits per heavy atom. The molecule has 1 aliphatic rings. The van der Waals surface area contributed by atoms with Crippen LogP contribution in [0, 0.1) is 5.92 Å². The predicted octanol–water partition coefficient (Wildman–Crippen LogP) is 6.18. The van der Waals surface area contributed by atoms with Crippen LogP contribution in [0.4, 0.5) is 5.69 Å². The Kier molecular flexibility index (Phi) is 4.97. The SMILES string of the molecule is Brc1ccc(NC(c2ccccc2)C2CCCCC2)cc1. The molecule has 2 aromatic rings. The smallest absolute Gasteiger partial charge is 0.0542 e. The normalized spacial score (nSPS) is 17.4. The van der Waals surface area contributed by atoms with E-state index < -0.39 is 0 Å². The molecule has 1 nitrogen and oxygen atoms in total. The molecule has 2 aromatic carbocycles. The fraction of sp³-hybridized carbons (Fsp3) is 0.368. The Balaban J connectivity index is 1.83. The summed E-state index contributed by atoms with van der Waals surface area (Å²) in [6.07, 6.45) is 6.81. The van der Waals surface area contributed by atoms with Crippen LogP contribution in [0.15, 0.2) is 59.1 Å². The van der Waals surface area contributed by atoms with Crippen molar-refractivity contribution in [3.05, 3.63) is 64.6 Å². The third-order valence-corrected chi connectivity index (χ3v) is 4.97. The molecule has 0 aliphatic heterocycles. The van der Waals surface area contributed by atoms with Gasteiger partial charge in [0.15, 0.2) is 0 Å². The first-order chi connectivity index (χ1) is 10.3. The van der Waals surface area contributed by atoms with Gasteiger partial charge in [-0.25, -0.2) is 0 Å². The van der Waals surface area contributed by atoms with Crippen molar-refractivity contribution in [2.24, 2.45) is 5.92 Å². The predicted molar refractivity (Wildman–Crippen MR) is 93.5 cm³/mol. The van der Waals surface area contributed by atoms with E-state index in [-0.39, 0.29) is 0 Å².